The maximum Gasteiger partial charge on any atom is 0.244 e. The minimum atomic E-state index is 0.0244. The van der Waals surface area contributed by atoms with Crippen molar-refractivity contribution < 1.29 is 14.6 Å². The first-order chi connectivity index (χ1) is 10.6. The van der Waals surface area contributed by atoms with E-state index in [4.69, 9.17) is 4.74 Å². The molecule has 2 fully saturated rings. The molecule has 5 heteroatoms. The van der Waals surface area contributed by atoms with Crippen molar-refractivity contribution in [3.8, 4) is 11.5 Å². The SMILES string of the molecule is COc1cc(C=NNC(=O)[C@@H]2[C@@H]3CCCC[C@@]23C)ccc1O. The van der Waals surface area contributed by atoms with E-state index in [0.29, 0.717) is 11.7 Å². The van der Waals surface area contributed by atoms with Gasteiger partial charge < -0.3 is 9.84 Å². The van der Waals surface area contributed by atoms with E-state index in [1.807, 2.05) is 0 Å². The second-order valence-electron chi connectivity index (χ2n) is 6.50. The Morgan fingerprint density at radius 2 is 2.32 bits per heavy atom. The molecule has 1 amide bonds. The number of rotatable bonds is 4. The Morgan fingerprint density at radius 3 is 3.00 bits per heavy atom. The van der Waals surface area contributed by atoms with Crippen LogP contribution < -0.4 is 10.2 Å². The predicted molar refractivity (Wildman–Crippen MR) is 84.0 cm³/mol. The number of amides is 1. The summed E-state index contributed by atoms with van der Waals surface area (Å²) in [6.45, 7) is 2.22. The summed E-state index contributed by atoms with van der Waals surface area (Å²) in [5.74, 6) is 1.14. The number of carbonyl (C=O) groups excluding carboxylic acids is 1. The fourth-order valence-corrected chi connectivity index (χ4v) is 3.86. The second kappa shape index (κ2) is 5.63. The Hall–Kier alpha value is -2.04. The Morgan fingerprint density at radius 1 is 1.50 bits per heavy atom. The highest BCUT2D eigenvalue weighted by atomic mass is 16.5. The zero-order chi connectivity index (χ0) is 15.7. The summed E-state index contributed by atoms with van der Waals surface area (Å²) < 4.78 is 5.04. The van der Waals surface area contributed by atoms with E-state index < -0.39 is 0 Å². The summed E-state index contributed by atoms with van der Waals surface area (Å²) in [7, 11) is 1.49. The molecule has 2 N–H and O–H groups in total. The number of hydrazone groups is 1. The third-order valence-electron chi connectivity index (χ3n) is 5.21. The van der Waals surface area contributed by atoms with Gasteiger partial charge in [-0.25, -0.2) is 5.43 Å². The molecule has 2 saturated carbocycles. The number of benzene rings is 1. The monoisotopic (exact) mass is 302 g/mol. The summed E-state index contributed by atoms with van der Waals surface area (Å²) in [4.78, 5) is 12.3. The molecule has 22 heavy (non-hydrogen) atoms. The largest absolute Gasteiger partial charge is 0.504 e. The van der Waals surface area contributed by atoms with E-state index in [0.717, 1.165) is 18.4 Å². The van der Waals surface area contributed by atoms with Gasteiger partial charge in [-0.3, -0.25) is 4.79 Å². The third kappa shape index (κ3) is 2.56. The average molecular weight is 302 g/mol. The lowest BCUT2D eigenvalue weighted by Gasteiger charge is -2.15. The van der Waals surface area contributed by atoms with Crippen molar-refractivity contribution in [3.05, 3.63) is 23.8 Å². The van der Waals surface area contributed by atoms with Crippen molar-refractivity contribution in [1.29, 1.82) is 0 Å². The molecule has 0 bridgehead atoms. The highest BCUT2D eigenvalue weighted by Crippen LogP contribution is 2.66. The van der Waals surface area contributed by atoms with Gasteiger partial charge >= 0.3 is 0 Å². The van der Waals surface area contributed by atoms with Crippen molar-refractivity contribution >= 4 is 12.1 Å². The smallest absolute Gasteiger partial charge is 0.244 e. The lowest BCUT2D eigenvalue weighted by Crippen LogP contribution is -2.22. The van der Waals surface area contributed by atoms with Crippen LogP contribution in [-0.4, -0.2) is 24.3 Å². The summed E-state index contributed by atoms with van der Waals surface area (Å²) in [5, 5.41) is 13.6. The van der Waals surface area contributed by atoms with Gasteiger partial charge in [-0.2, -0.15) is 5.10 Å². The minimum Gasteiger partial charge on any atom is -0.504 e. The highest BCUT2D eigenvalue weighted by molar-refractivity contribution is 5.86. The van der Waals surface area contributed by atoms with Gasteiger partial charge in [0.25, 0.3) is 0 Å². The van der Waals surface area contributed by atoms with Crippen LogP contribution in [0.5, 0.6) is 11.5 Å². The van der Waals surface area contributed by atoms with Crippen molar-refractivity contribution in [3.63, 3.8) is 0 Å². The van der Waals surface area contributed by atoms with Gasteiger partial charge in [-0.05, 0) is 47.9 Å². The molecule has 5 nitrogen and oxygen atoms in total. The van der Waals surface area contributed by atoms with Crippen LogP contribution in [-0.2, 0) is 4.79 Å². The topological polar surface area (TPSA) is 70.9 Å². The van der Waals surface area contributed by atoms with Crippen molar-refractivity contribution in [2.24, 2.45) is 22.4 Å². The molecule has 1 aromatic carbocycles. The van der Waals surface area contributed by atoms with Gasteiger partial charge in [0.05, 0.1) is 13.3 Å². The highest BCUT2D eigenvalue weighted by Gasteiger charge is 2.64. The Balaban J connectivity index is 1.59. The summed E-state index contributed by atoms with van der Waals surface area (Å²) in [6, 6.07) is 4.92. The summed E-state index contributed by atoms with van der Waals surface area (Å²) in [5.41, 5.74) is 3.61. The number of fused-ring (bicyclic) bond motifs is 1. The number of ether oxygens (including phenoxy) is 1. The van der Waals surface area contributed by atoms with Crippen LogP contribution in [0.15, 0.2) is 23.3 Å². The first-order valence-corrected chi connectivity index (χ1v) is 7.76. The number of nitrogens with zero attached hydrogens (tertiary/aromatic N) is 1. The van der Waals surface area contributed by atoms with Gasteiger partial charge in [0.15, 0.2) is 11.5 Å². The quantitative estimate of drug-likeness (QED) is 0.663. The zero-order valence-corrected chi connectivity index (χ0v) is 13.0. The van der Waals surface area contributed by atoms with E-state index in [2.05, 4.69) is 17.5 Å². The number of aromatic hydroxyl groups is 1. The van der Waals surface area contributed by atoms with Crippen LogP contribution >= 0.6 is 0 Å². The summed E-state index contributed by atoms with van der Waals surface area (Å²) in [6.07, 6.45) is 6.34. The fraction of sp³-hybridized carbons (Fsp3) is 0.529. The maximum absolute atomic E-state index is 12.3. The Labute approximate surface area is 130 Å². The molecule has 0 spiro atoms. The number of nitrogens with one attached hydrogen (secondary N) is 1. The second-order valence-corrected chi connectivity index (χ2v) is 6.50. The average Bonchev–Trinajstić information content (AvgIpc) is 3.14. The number of methoxy groups -OCH3 is 1. The van der Waals surface area contributed by atoms with E-state index in [1.165, 1.54) is 20.0 Å². The molecule has 2 aliphatic rings. The number of hydrogen-bond donors (Lipinski definition) is 2. The minimum absolute atomic E-state index is 0.0244. The first-order valence-electron chi connectivity index (χ1n) is 7.76. The number of carbonyl (C=O) groups is 1. The van der Waals surface area contributed by atoms with Crippen LogP contribution in [0.4, 0.5) is 0 Å². The van der Waals surface area contributed by atoms with E-state index in [1.54, 1.807) is 24.4 Å². The van der Waals surface area contributed by atoms with E-state index in [9.17, 15) is 9.90 Å². The van der Waals surface area contributed by atoms with Crippen molar-refractivity contribution in [2.75, 3.05) is 7.11 Å². The molecule has 0 saturated heterocycles. The molecule has 2 aliphatic carbocycles. The third-order valence-corrected chi connectivity index (χ3v) is 5.21. The Bertz CT molecular complexity index is 614. The van der Waals surface area contributed by atoms with Gasteiger partial charge in [0, 0.05) is 5.92 Å². The van der Waals surface area contributed by atoms with Crippen LogP contribution in [0.25, 0.3) is 0 Å². The number of phenols is 1. The number of hydrogen-bond acceptors (Lipinski definition) is 4. The van der Waals surface area contributed by atoms with Crippen molar-refractivity contribution in [2.45, 2.75) is 32.6 Å². The van der Waals surface area contributed by atoms with Crippen LogP contribution in [0, 0.1) is 17.3 Å². The molecule has 0 heterocycles. The molecular formula is C17H22N2O3. The van der Waals surface area contributed by atoms with Gasteiger partial charge in [0.2, 0.25) is 5.91 Å². The normalized spacial score (nSPS) is 29.9. The van der Waals surface area contributed by atoms with E-state index in [-0.39, 0.29) is 23.0 Å². The molecule has 3 atom stereocenters. The standard InChI is InChI=1S/C17H22N2O3/c1-17-8-4-3-5-12(17)15(17)16(21)19-18-10-11-6-7-13(20)14(9-11)22-2/h6-7,9-10,12,15,20H,3-5,8H2,1-2H3,(H,19,21)/t12-,15-,17+/m0/s1. The molecule has 3 rings (SSSR count). The maximum atomic E-state index is 12.3. The molecule has 0 unspecified atom stereocenters. The van der Waals surface area contributed by atoms with Gasteiger partial charge in [0.1, 0.15) is 0 Å². The first kappa shape index (κ1) is 14.9. The van der Waals surface area contributed by atoms with Crippen molar-refractivity contribution in [1.82, 2.24) is 5.43 Å². The van der Waals surface area contributed by atoms with Crippen LogP contribution in [0.3, 0.4) is 0 Å². The van der Waals surface area contributed by atoms with Crippen LogP contribution in [0.2, 0.25) is 0 Å². The van der Waals surface area contributed by atoms with Crippen LogP contribution in [0.1, 0.15) is 38.2 Å². The van der Waals surface area contributed by atoms with Gasteiger partial charge in [-0.15, -0.1) is 0 Å². The van der Waals surface area contributed by atoms with Gasteiger partial charge in [-0.1, -0.05) is 19.8 Å². The zero-order valence-electron chi connectivity index (χ0n) is 13.0. The lowest BCUT2D eigenvalue weighted by molar-refractivity contribution is -0.123. The predicted octanol–water partition coefficient (Wildman–Crippen LogP) is 2.68. The molecule has 0 aromatic heterocycles. The molecular weight excluding hydrogens is 280 g/mol. The summed E-state index contributed by atoms with van der Waals surface area (Å²) >= 11 is 0. The van der Waals surface area contributed by atoms with E-state index >= 15 is 0 Å². The molecule has 118 valence electrons. The molecule has 0 radical (unpaired) electrons. The lowest BCUT2D eigenvalue weighted by atomic mass is 9.90. The molecule has 0 aliphatic heterocycles. The Kier molecular flexibility index (Phi) is 3.81. The fourth-order valence-electron chi connectivity index (χ4n) is 3.86. The molecule has 1 aromatic rings. The number of phenolic OH excluding ortho intramolecular Hbond substituents is 1.